The predicted molar refractivity (Wildman–Crippen MR) is 56.5 cm³/mol. The molecule has 0 aliphatic carbocycles. The van der Waals surface area contributed by atoms with E-state index in [1.54, 1.807) is 12.4 Å². The average Bonchev–Trinajstić information content (AvgIpc) is 2.76. The molecule has 0 aliphatic rings. The number of carbonyl (C=O) groups is 2. The van der Waals surface area contributed by atoms with Crippen molar-refractivity contribution < 1.29 is 14.7 Å². The van der Waals surface area contributed by atoms with Gasteiger partial charge in [0.2, 0.25) is 5.91 Å². The third kappa shape index (κ3) is 3.56. The van der Waals surface area contributed by atoms with E-state index < -0.39 is 11.9 Å². The van der Waals surface area contributed by atoms with Gasteiger partial charge < -0.3 is 15.4 Å². The van der Waals surface area contributed by atoms with Gasteiger partial charge in [-0.2, -0.15) is 0 Å². The minimum absolute atomic E-state index is 0.235. The van der Waals surface area contributed by atoms with Gasteiger partial charge in [-0.25, -0.2) is 9.78 Å². The Balaban J connectivity index is 2.58. The number of rotatable bonds is 5. The third-order valence-electron chi connectivity index (χ3n) is 1.95. The van der Waals surface area contributed by atoms with Crippen LogP contribution in [0.15, 0.2) is 24.5 Å². The van der Waals surface area contributed by atoms with Gasteiger partial charge in [0.05, 0.1) is 6.04 Å². The molecule has 0 radical (unpaired) electrons. The molecule has 0 spiro atoms. The minimum atomic E-state index is -1.15. The molecular weight excluding hydrogens is 210 g/mol. The number of aliphatic carboxylic acids is 1. The fourth-order valence-corrected chi connectivity index (χ4v) is 1.20. The zero-order chi connectivity index (χ0) is 12.0. The van der Waals surface area contributed by atoms with Crippen molar-refractivity contribution in [2.45, 2.75) is 19.4 Å². The van der Waals surface area contributed by atoms with E-state index in [2.05, 4.69) is 15.3 Å². The second-order valence-corrected chi connectivity index (χ2v) is 3.12. The lowest BCUT2D eigenvalue weighted by atomic mass is 10.2. The molecule has 6 nitrogen and oxygen atoms in total. The number of aromatic nitrogens is 2. The summed E-state index contributed by atoms with van der Waals surface area (Å²) in [6.07, 6.45) is 5.70. The summed E-state index contributed by atoms with van der Waals surface area (Å²) in [5.74, 6) is -0.952. The second kappa shape index (κ2) is 5.69. The number of carbonyl (C=O) groups excluding carboxylic acids is 1. The van der Waals surface area contributed by atoms with Gasteiger partial charge in [0.1, 0.15) is 5.82 Å². The Morgan fingerprint density at radius 1 is 1.62 bits per heavy atom. The fraction of sp³-hybridized carbons (Fsp3) is 0.300. The zero-order valence-corrected chi connectivity index (χ0v) is 8.80. The Kier molecular flexibility index (Phi) is 4.26. The molecule has 0 saturated carbocycles. The Morgan fingerprint density at radius 2 is 2.38 bits per heavy atom. The maximum Gasteiger partial charge on any atom is 0.328 e. The third-order valence-corrected chi connectivity index (χ3v) is 1.95. The SMILES string of the molecule is CCC(NC(=O)/C=C/C(=O)O)c1ncc[nH]1. The van der Waals surface area contributed by atoms with Crippen LogP contribution in [-0.2, 0) is 9.59 Å². The number of hydrogen-bond donors (Lipinski definition) is 3. The van der Waals surface area contributed by atoms with E-state index in [9.17, 15) is 9.59 Å². The summed E-state index contributed by atoms with van der Waals surface area (Å²) in [7, 11) is 0. The number of imidazole rings is 1. The molecule has 1 atom stereocenters. The van der Waals surface area contributed by atoms with E-state index in [1.807, 2.05) is 6.92 Å². The lowest BCUT2D eigenvalue weighted by Gasteiger charge is -2.12. The van der Waals surface area contributed by atoms with Crippen LogP contribution in [-0.4, -0.2) is 27.0 Å². The van der Waals surface area contributed by atoms with Crippen LogP contribution in [0.25, 0.3) is 0 Å². The molecule has 1 unspecified atom stereocenters. The van der Waals surface area contributed by atoms with Gasteiger partial charge in [0, 0.05) is 24.5 Å². The van der Waals surface area contributed by atoms with Crippen LogP contribution in [0, 0.1) is 0 Å². The molecule has 1 rings (SSSR count). The van der Waals surface area contributed by atoms with E-state index in [0.29, 0.717) is 12.2 Å². The van der Waals surface area contributed by atoms with Crippen LogP contribution in [0.4, 0.5) is 0 Å². The molecule has 0 aliphatic heterocycles. The number of H-pyrrole nitrogens is 1. The number of nitrogens with one attached hydrogen (secondary N) is 2. The summed E-state index contributed by atoms with van der Waals surface area (Å²) in [6, 6.07) is -0.235. The van der Waals surface area contributed by atoms with Gasteiger partial charge >= 0.3 is 5.97 Å². The lowest BCUT2D eigenvalue weighted by Crippen LogP contribution is -2.27. The number of amides is 1. The highest BCUT2D eigenvalue weighted by Crippen LogP contribution is 2.10. The van der Waals surface area contributed by atoms with Crippen LogP contribution >= 0.6 is 0 Å². The molecule has 0 bridgehead atoms. The zero-order valence-electron chi connectivity index (χ0n) is 8.80. The molecule has 0 aromatic carbocycles. The molecular formula is C10H13N3O3. The van der Waals surface area contributed by atoms with Crippen LogP contribution in [0.1, 0.15) is 25.2 Å². The summed E-state index contributed by atoms with van der Waals surface area (Å²) >= 11 is 0. The van der Waals surface area contributed by atoms with Crippen molar-refractivity contribution in [3.63, 3.8) is 0 Å². The van der Waals surface area contributed by atoms with Crippen LogP contribution in [0.2, 0.25) is 0 Å². The van der Waals surface area contributed by atoms with Gasteiger partial charge in [-0.15, -0.1) is 0 Å². The standard InChI is InChI=1S/C10H13N3O3/c1-2-7(10-11-5-6-12-10)13-8(14)3-4-9(15)16/h3-7H,2H2,1H3,(H,11,12)(H,13,14)(H,15,16)/b4-3+. The van der Waals surface area contributed by atoms with E-state index in [-0.39, 0.29) is 6.04 Å². The smallest absolute Gasteiger partial charge is 0.328 e. The largest absolute Gasteiger partial charge is 0.478 e. The first-order chi connectivity index (χ1) is 7.63. The molecule has 0 saturated heterocycles. The van der Waals surface area contributed by atoms with Gasteiger partial charge in [-0.3, -0.25) is 4.79 Å². The second-order valence-electron chi connectivity index (χ2n) is 3.12. The molecule has 3 N–H and O–H groups in total. The maximum absolute atomic E-state index is 11.3. The molecule has 1 amide bonds. The molecule has 16 heavy (non-hydrogen) atoms. The summed E-state index contributed by atoms with van der Waals surface area (Å²) in [5, 5.41) is 11.0. The predicted octanol–water partition coefficient (Wildman–Crippen LogP) is 0.618. The number of hydrogen-bond acceptors (Lipinski definition) is 3. The Labute approximate surface area is 92.4 Å². The van der Waals surface area contributed by atoms with E-state index in [4.69, 9.17) is 5.11 Å². The monoisotopic (exact) mass is 223 g/mol. The van der Waals surface area contributed by atoms with Crippen LogP contribution < -0.4 is 5.32 Å². The average molecular weight is 223 g/mol. The minimum Gasteiger partial charge on any atom is -0.478 e. The Bertz CT molecular complexity index is 384. The highest BCUT2D eigenvalue weighted by atomic mass is 16.4. The summed E-state index contributed by atoms with van der Waals surface area (Å²) in [6.45, 7) is 1.90. The van der Waals surface area contributed by atoms with Crippen molar-refractivity contribution >= 4 is 11.9 Å². The van der Waals surface area contributed by atoms with E-state index in [0.717, 1.165) is 12.2 Å². The first-order valence-electron chi connectivity index (χ1n) is 4.84. The summed E-state index contributed by atoms with van der Waals surface area (Å²) in [4.78, 5) is 28.4. The first-order valence-corrected chi connectivity index (χ1v) is 4.84. The van der Waals surface area contributed by atoms with Gasteiger partial charge in [-0.1, -0.05) is 6.92 Å². The topological polar surface area (TPSA) is 95.1 Å². The molecule has 6 heteroatoms. The summed E-state index contributed by atoms with van der Waals surface area (Å²) in [5.41, 5.74) is 0. The highest BCUT2D eigenvalue weighted by Gasteiger charge is 2.12. The van der Waals surface area contributed by atoms with Crippen molar-refractivity contribution in [2.75, 3.05) is 0 Å². The quantitative estimate of drug-likeness (QED) is 0.637. The van der Waals surface area contributed by atoms with Crippen molar-refractivity contribution in [1.29, 1.82) is 0 Å². The number of carboxylic acid groups (broad SMARTS) is 1. The highest BCUT2D eigenvalue weighted by molar-refractivity contribution is 5.93. The molecule has 1 aromatic heterocycles. The van der Waals surface area contributed by atoms with E-state index >= 15 is 0 Å². The lowest BCUT2D eigenvalue weighted by molar-refractivity contribution is -0.131. The van der Waals surface area contributed by atoms with Crippen LogP contribution in [0.5, 0.6) is 0 Å². The van der Waals surface area contributed by atoms with Crippen molar-refractivity contribution in [3.8, 4) is 0 Å². The molecule has 86 valence electrons. The Morgan fingerprint density at radius 3 is 2.88 bits per heavy atom. The number of aromatic amines is 1. The van der Waals surface area contributed by atoms with Gasteiger partial charge in [0.25, 0.3) is 0 Å². The van der Waals surface area contributed by atoms with Crippen LogP contribution in [0.3, 0.4) is 0 Å². The van der Waals surface area contributed by atoms with Gasteiger partial charge in [-0.05, 0) is 6.42 Å². The van der Waals surface area contributed by atoms with Crippen molar-refractivity contribution in [1.82, 2.24) is 15.3 Å². The molecule has 1 aromatic rings. The maximum atomic E-state index is 11.3. The number of nitrogens with zero attached hydrogens (tertiary/aromatic N) is 1. The van der Waals surface area contributed by atoms with Crippen molar-refractivity contribution in [2.24, 2.45) is 0 Å². The van der Waals surface area contributed by atoms with Gasteiger partial charge in [0.15, 0.2) is 0 Å². The number of carboxylic acids is 1. The van der Waals surface area contributed by atoms with E-state index in [1.165, 1.54) is 0 Å². The Hall–Kier alpha value is -2.11. The molecule has 1 heterocycles. The molecule has 0 fully saturated rings. The first kappa shape index (κ1) is 12.0. The normalized spacial score (nSPS) is 12.6. The fourth-order valence-electron chi connectivity index (χ4n) is 1.20. The van der Waals surface area contributed by atoms with Crippen molar-refractivity contribution in [3.05, 3.63) is 30.4 Å². The summed E-state index contributed by atoms with van der Waals surface area (Å²) < 4.78 is 0.